The van der Waals surface area contributed by atoms with E-state index >= 15 is 0 Å². The molecule has 0 aromatic rings. The molecule has 6 N–H and O–H groups in total. The Morgan fingerprint density at radius 1 is 1.06 bits per heavy atom. The van der Waals surface area contributed by atoms with E-state index in [0.29, 0.717) is 0 Å². The van der Waals surface area contributed by atoms with Crippen molar-refractivity contribution in [1.29, 1.82) is 0 Å². The zero-order chi connectivity index (χ0) is 14.6. The molecule has 0 atom stereocenters. The number of hydrogen-bond donors (Lipinski definition) is 6. The van der Waals surface area contributed by atoms with E-state index in [9.17, 15) is 14.2 Å². The van der Waals surface area contributed by atoms with Crippen LogP contribution in [0.25, 0.3) is 0 Å². The summed E-state index contributed by atoms with van der Waals surface area (Å²) >= 11 is 0. The molecule has 8 nitrogen and oxygen atoms in total. The molecule has 0 amide bonds. The van der Waals surface area contributed by atoms with Gasteiger partial charge in [0.15, 0.2) is 0 Å². The van der Waals surface area contributed by atoms with Crippen molar-refractivity contribution < 1.29 is 33.8 Å². The lowest BCUT2D eigenvalue weighted by Gasteiger charge is -2.29. The van der Waals surface area contributed by atoms with Crippen molar-refractivity contribution in [3.05, 3.63) is 0 Å². The van der Waals surface area contributed by atoms with Gasteiger partial charge in [-0.05, 0) is 19.4 Å². The number of hydrogen-bond acceptors (Lipinski definition) is 4. The first-order valence-electron chi connectivity index (χ1n) is 5.56. The summed E-state index contributed by atoms with van der Waals surface area (Å²) in [4.78, 5) is 35.6. The molecular formula is C8H21NO7P2. The maximum atomic E-state index is 11.0. The summed E-state index contributed by atoms with van der Waals surface area (Å²) in [6, 6.07) is 0.0720. The summed E-state index contributed by atoms with van der Waals surface area (Å²) in [7, 11) is -10.7. The Morgan fingerprint density at radius 3 is 1.72 bits per heavy atom. The lowest BCUT2D eigenvalue weighted by molar-refractivity contribution is 0.122. The monoisotopic (exact) mass is 305 g/mol. The van der Waals surface area contributed by atoms with E-state index in [0.717, 1.165) is 12.8 Å². The van der Waals surface area contributed by atoms with E-state index in [-0.39, 0.29) is 12.6 Å². The normalized spacial score (nSPS) is 14.2. The average Bonchev–Trinajstić information content (AvgIpc) is 2.20. The van der Waals surface area contributed by atoms with Gasteiger partial charge in [-0.3, -0.25) is 9.13 Å². The molecule has 0 fully saturated rings. The molecule has 110 valence electrons. The average molecular weight is 305 g/mol. The first-order chi connectivity index (χ1) is 7.99. The molecule has 0 aliphatic rings. The first-order valence-corrected chi connectivity index (χ1v) is 8.79. The van der Waals surface area contributed by atoms with Gasteiger partial charge in [0.25, 0.3) is 5.08 Å². The maximum absolute atomic E-state index is 11.0. The van der Waals surface area contributed by atoms with Crippen molar-refractivity contribution in [2.45, 2.75) is 44.2 Å². The predicted molar refractivity (Wildman–Crippen MR) is 66.0 cm³/mol. The zero-order valence-electron chi connectivity index (χ0n) is 10.4. The van der Waals surface area contributed by atoms with Crippen LogP contribution in [0.2, 0.25) is 0 Å². The second kappa shape index (κ2) is 6.59. The highest BCUT2D eigenvalue weighted by Gasteiger charge is 2.58. The van der Waals surface area contributed by atoms with Gasteiger partial charge in [-0.15, -0.1) is 0 Å². The Bertz CT molecular complexity index is 323. The molecular weight excluding hydrogens is 284 g/mol. The highest BCUT2D eigenvalue weighted by Crippen LogP contribution is 2.68. The Balaban J connectivity index is 4.77. The molecule has 10 heteroatoms. The standard InChI is InChI=1S/C8H21NO7P2/c1-3-7(4-2)9-6-5-8(10,17(11,12)13)18(14,15)16/h7,9-10H,3-6H2,1-2H3,(H2,11,12,13)(H2,14,15,16). The Morgan fingerprint density at radius 2 is 1.44 bits per heavy atom. The molecule has 0 aliphatic heterocycles. The van der Waals surface area contributed by atoms with E-state index in [1.807, 2.05) is 13.8 Å². The predicted octanol–water partition coefficient (Wildman–Crippen LogP) is 0.156. The largest absolute Gasteiger partial charge is 0.369 e. The van der Waals surface area contributed by atoms with Crippen LogP contribution >= 0.6 is 15.2 Å². The Kier molecular flexibility index (Phi) is 6.67. The van der Waals surface area contributed by atoms with Crippen molar-refractivity contribution in [3.63, 3.8) is 0 Å². The number of rotatable bonds is 8. The van der Waals surface area contributed by atoms with Crippen LogP contribution in [0.5, 0.6) is 0 Å². The van der Waals surface area contributed by atoms with Crippen LogP contribution in [0.1, 0.15) is 33.1 Å². The number of nitrogens with one attached hydrogen (secondary N) is 1. The summed E-state index contributed by atoms with van der Waals surface area (Å²) in [6.45, 7) is 3.71. The van der Waals surface area contributed by atoms with Crippen LogP contribution in [0.4, 0.5) is 0 Å². The van der Waals surface area contributed by atoms with Crippen molar-refractivity contribution in [3.8, 4) is 0 Å². The van der Waals surface area contributed by atoms with Crippen molar-refractivity contribution >= 4 is 15.2 Å². The summed E-state index contributed by atoms with van der Waals surface area (Å²) in [5.74, 6) is 0. The minimum Gasteiger partial charge on any atom is -0.367 e. The molecule has 0 heterocycles. The Hall–Kier alpha value is 0.220. The third-order valence-electron chi connectivity index (χ3n) is 2.81. The quantitative estimate of drug-likeness (QED) is 0.347. The summed E-state index contributed by atoms with van der Waals surface area (Å²) in [5, 5.41) is 9.13. The molecule has 18 heavy (non-hydrogen) atoms. The molecule has 0 unspecified atom stereocenters. The van der Waals surface area contributed by atoms with Gasteiger partial charge in [0.1, 0.15) is 0 Å². The molecule has 0 saturated heterocycles. The fraction of sp³-hybridized carbons (Fsp3) is 1.00. The van der Waals surface area contributed by atoms with E-state index in [4.69, 9.17) is 19.6 Å². The van der Waals surface area contributed by atoms with Crippen LogP contribution in [0, 0.1) is 0 Å². The van der Waals surface area contributed by atoms with Gasteiger partial charge in [0.2, 0.25) is 0 Å². The SMILES string of the molecule is CCC(CC)NCCC(O)(P(=O)(O)O)P(=O)(O)O. The second-order valence-corrected chi connectivity index (χ2v) is 8.09. The van der Waals surface area contributed by atoms with E-state index in [1.165, 1.54) is 0 Å². The molecule has 0 rings (SSSR count). The van der Waals surface area contributed by atoms with Gasteiger partial charge in [-0.1, -0.05) is 13.8 Å². The summed E-state index contributed by atoms with van der Waals surface area (Å²) in [6.07, 6.45) is 0.805. The van der Waals surface area contributed by atoms with E-state index < -0.39 is 26.7 Å². The highest BCUT2D eigenvalue weighted by molar-refractivity contribution is 7.72. The Labute approximate surface area is 106 Å². The van der Waals surface area contributed by atoms with Crippen LogP contribution in [-0.2, 0) is 9.13 Å². The van der Waals surface area contributed by atoms with Crippen LogP contribution in [0.3, 0.4) is 0 Å². The van der Waals surface area contributed by atoms with E-state index in [2.05, 4.69) is 5.32 Å². The van der Waals surface area contributed by atoms with Gasteiger partial charge >= 0.3 is 15.2 Å². The molecule has 0 aromatic carbocycles. The van der Waals surface area contributed by atoms with Crippen LogP contribution in [0.15, 0.2) is 0 Å². The van der Waals surface area contributed by atoms with Crippen LogP contribution < -0.4 is 5.32 Å². The van der Waals surface area contributed by atoms with Gasteiger partial charge in [0, 0.05) is 12.5 Å². The minimum absolute atomic E-state index is 0.0720. The van der Waals surface area contributed by atoms with Crippen molar-refractivity contribution in [2.24, 2.45) is 0 Å². The topological polar surface area (TPSA) is 147 Å². The van der Waals surface area contributed by atoms with Crippen molar-refractivity contribution in [1.82, 2.24) is 5.32 Å². The number of aliphatic hydroxyl groups is 1. The highest BCUT2D eigenvalue weighted by atomic mass is 31.2. The molecule has 0 radical (unpaired) electrons. The maximum Gasteiger partial charge on any atom is 0.369 e. The zero-order valence-corrected chi connectivity index (χ0v) is 12.1. The summed E-state index contributed by atoms with van der Waals surface area (Å²) in [5.41, 5.74) is 0. The third kappa shape index (κ3) is 4.40. The molecule has 0 spiro atoms. The van der Waals surface area contributed by atoms with E-state index in [1.54, 1.807) is 0 Å². The van der Waals surface area contributed by atoms with Gasteiger partial charge in [-0.2, -0.15) is 0 Å². The first kappa shape index (κ1) is 18.2. The van der Waals surface area contributed by atoms with Gasteiger partial charge in [0.05, 0.1) is 0 Å². The smallest absolute Gasteiger partial charge is 0.367 e. The van der Waals surface area contributed by atoms with Crippen molar-refractivity contribution in [2.75, 3.05) is 6.54 Å². The van der Waals surface area contributed by atoms with Crippen LogP contribution in [-0.4, -0.2) is 42.3 Å². The molecule has 0 bridgehead atoms. The fourth-order valence-corrected chi connectivity index (χ4v) is 3.65. The molecule has 0 aliphatic carbocycles. The van der Waals surface area contributed by atoms with Gasteiger partial charge < -0.3 is 30.0 Å². The second-order valence-electron chi connectivity index (χ2n) is 4.08. The fourth-order valence-electron chi connectivity index (χ4n) is 1.48. The minimum atomic E-state index is -5.33. The van der Waals surface area contributed by atoms with Gasteiger partial charge in [-0.25, -0.2) is 0 Å². The third-order valence-corrected chi connectivity index (χ3v) is 6.69. The molecule has 0 aromatic heterocycles. The molecule has 0 saturated carbocycles. The summed E-state index contributed by atoms with van der Waals surface area (Å²) < 4.78 is 22.1. The lowest BCUT2D eigenvalue weighted by Crippen LogP contribution is -2.36. The lowest BCUT2D eigenvalue weighted by atomic mass is 10.2.